The molecule has 3 rings (SSSR count). The van der Waals surface area contributed by atoms with Crippen molar-refractivity contribution in [1.82, 2.24) is 4.98 Å². The second kappa shape index (κ2) is 8.12. The van der Waals surface area contributed by atoms with Crippen molar-refractivity contribution in [1.29, 1.82) is 0 Å². The van der Waals surface area contributed by atoms with Gasteiger partial charge in [-0.15, -0.1) is 0 Å². The van der Waals surface area contributed by atoms with Gasteiger partial charge in [-0.2, -0.15) is 13.2 Å². The molecule has 1 heterocycles. The van der Waals surface area contributed by atoms with Gasteiger partial charge >= 0.3 is 6.18 Å². The van der Waals surface area contributed by atoms with Gasteiger partial charge in [-0.3, -0.25) is 9.78 Å². The number of alkyl halides is 3. The van der Waals surface area contributed by atoms with Crippen LogP contribution in [0.25, 0.3) is 0 Å². The molecule has 0 fully saturated rings. The van der Waals surface area contributed by atoms with Crippen molar-refractivity contribution in [3.63, 3.8) is 0 Å². The van der Waals surface area contributed by atoms with Crippen LogP contribution in [0.4, 0.5) is 24.5 Å². The van der Waals surface area contributed by atoms with E-state index in [0.29, 0.717) is 12.2 Å². The first-order valence-corrected chi connectivity index (χ1v) is 8.56. The van der Waals surface area contributed by atoms with Gasteiger partial charge in [0.2, 0.25) is 0 Å². The monoisotopic (exact) mass is 385 g/mol. The van der Waals surface area contributed by atoms with E-state index in [1.807, 2.05) is 31.2 Å². The Balaban J connectivity index is 1.70. The summed E-state index contributed by atoms with van der Waals surface area (Å²) in [7, 11) is 0. The summed E-state index contributed by atoms with van der Waals surface area (Å²) in [5, 5.41) is 5.67. The van der Waals surface area contributed by atoms with Crippen LogP contribution >= 0.6 is 0 Å². The van der Waals surface area contributed by atoms with Crippen molar-refractivity contribution >= 4 is 17.3 Å². The number of carbonyl (C=O) groups excluding carboxylic acids is 1. The molecule has 2 aromatic carbocycles. The number of halogens is 3. The third-order valence-corrected chi connectivity index (χ3v) is 4.18. The molecule has 0 saturated heterocycles. The van der Waals surface area contributed by atoms with E-state index in [1.165, 1.54) is 18.3 Å². The summed E-state index contributed by atoms with van der Waals surface area (Å²) < 4.78 is 38.4. The summed E-state index contributed by atoms with van der Waals surface area (Å²) in [5.41, 5.74) is 2.28. The van der Waals surface area contributed by atoms with Gasteiger partial charge in [-0.25, -0.2) is 0 Å². The largest absolute Gasteiger partial charge is 0.416 e. The minimum Gasteiger partial charge on any atom is -0.381 e. The Kier molecular flexibility index (Phi) is 5.63. The Morgan fingerprint density at radius 3 is 2.54 bits per heavy atom. The minimum absolute atomic E-state index is 0.0555. The van der Waals surface area contributed by atoms with Crippen LogP contribution in [0, 0.1) is 6.92 Å². The summed E-state index contributed by atoms with van der Waals surface area (Å²) >= 11 is 0. The van der Waals surface area contributed by atoms with Crippen molar-refractivity contribution < 1.29 is 18.0 Å². The fraction of sp³-hybridized carbons (Fsp3) is 0.143. The third-order valence-electron chi connectivity index (χ3n) is 4.18. The van der Waals surface area contributed by atoms with Crippen LogP contribution < -0.4 is 10.6 Å². The molecule has 1 aromatic heterocycles. The predicted octanol–water partition coefficient (Wildman–Crippen LogP) is 5.27. The Hall–Kier alpha value is -3.35. The van der Waals surface area contributed by atoms with E-state index in [4.69, 9.17) is 0 Å². The molecule has 0 bridgehead atoms. The van der Waals surface area contributed by atoms with Gasteiger partial charge in [0.25, 0.3) is 5.91 Å². The molecular formula is C21H18F3N3O. The van der Waals surface area contributed by atoms with E-state index in [2.05, 4.69) is 15.6 Å². The lowest BCUT2D eigenvalue weighted by Crippen LogP contribution is -2.15. The van der Waals surface area contributed by atoms with Gasteiger partial charge in [0.1, 0.15) is 5.69 Å². The smallest absolute Gasteiger partial charge is 0.381 e. The highest BCUT2D eigenvalue weighted by molar-refractivity contribution is 6.03. The molecular weight excluding hydrogens is 367 g/mol. The fourth-order valence-corrected chi connectivity index (χ4v) is 2.64. The Morgan fingerprint density at radius 1 is 1.00 bits per heavy atom. The zero-order chi connectivity index (χ0) is 20.1. The predicted molar refractivity (Wildman–Crippen MR) is 102 cm³/mol. The number of nitrogens with one attached hydrogen (secondary N) is 2. The van der Waals surface area contributed by atoms with Gasteiger partial charge < -0.3 is 10.6 Å². The van der Waals surface area contributed by atoms with E-state index in [0.717, 1.165) is 23.3 Å². The first kappa shape index (κ1) is 19.4. The minimum atomic E-state index is -4.47. The number of anilines is 2. The number of carbonyl (C=O) groups is 1. The number of benzene rings is 2. The summed E-state index contributed by atoms with van der Waals surface area (Å²) in [6, 6.07) is 15.7. The van der Waals surface area contributed by atoms with Gasteiger partial charge in [0.15, 0.2) is 0 Å². The van der Waals surface area contributed by atoms with E-state index in [1.54, 1.807) is 12.1 Å². The lowest BCUT2D eigenvalue weighted by atomic mass is 10.1. The third kappa shape index (κ3) is 4.88. The molecule has 28 heavy (non-hydrogen) atoms. The zero-order valence-corrected chi connectivity index (χ0v) is 15.0. The van der Waals surface area contributed by atoms with E-state index in [9.17, 15) is 18.0 Å². The fourth-order valence-electron chi connectivity index (χ4n) is 2.64. The first-order chi connectivity index (χ1) is 13.3. The van der Waals surface area contributed by atoms with Crippen molar-refractivity contribution in [2.24, 2.45) is 0 Å². The lowest BCUT2D eigenvalue weighted by molar-refractivity contribution is -0.137. The molecule has 144 valence electrons. The highest BCUT2D eigenvalue weighted by Gasteiger charge is 2.30. The van der Waals surface area contributed by atoms with Crippen LogP contribution in [0.1, 0.15) is 27.2 Å². The molecule has 0 saturated carbocycles. The standard InChI is InChI=1S/C21H18F3N3O/c1-14-5-2-3-6-15(14)13-26-17-9-10-25-19(12-17)20(28)27-18-8-4-7-16(11-18)21(22,23)24/h2-12H,13H2,1H3,(H,25,26)(H,27,28). The molecule has 0 unspecified atom stereocenters. The van der Waals surface area contributed by atoms with Crippen molar-refractivity contribution in [3.05, 3.63) is 89.2 Å². The summed E-state index contributed by atoms with van der Waals surface area (Å²) in [5.74, 6) is -0.584. The molecule has 0 radical (unpaired) electrons. The van der Waals surface area contributed by atoms with Crippen LogP contribution in [0.15, 0.2) is 66.9 Å². The summed E-state index contributed by atoms with van der Waals surface area (Å²) in [6.07, 6.45) is -3.00. The van der Waals surface area contributed by atoms with Crippen molar-refractivity contribution in [3.8, 4) is 0 Å². The molecule has 0 atom stereocenters. The normalized spacial score (nSPS) is 11.1. The first-order valence-electron chi connectivity index (χ1n) is 8.56. The van der Waals surface area contributed by atoms with Crippen LogP contribution in [-0.2, 0) is 12.7 Å². The number of amides is 1. The molecule has 1 amide bonds. The number of nitrogens with zero attached hydrogens (tertiary/aromatic N) is 1. The van der Waals surface area contributed by atoms with Gasteiger partial charge in [-0.05, 0) is 48.4 Å². The van der Waals surface area contributed by atoms with Crippen LogP contribution in [0.3, 0.4) is 0 Å². The average molecular weight is 385 g/mol. The number of aryl methyl sites for hydroxylation is 1. The van der Waals surface area contributed by atoms with Gasteiger partial charge in [0.05, 0.1) is 5.56 Å². The molecule has 3 aromatic rings. The molecule has 7 heteroatoms. The quantitative estimate of drug-likeness (QED) is 0.629. The second-order valence-corrected chi connectivity index (χ2v) is 6.24. The number of pyridine rings is 1. The maximum Gasteiger partial charge on any atom is 0.416 e. The highest BCUT2D eigenvalue weighted by Crippen LogP contribution is 2.30. The highest BCUT2D eigenvalue weighted by atomic mass is 19.4. The van der Waals surface area contributed by atoms with Crippen molar-refractivity contribution in [2.75, 3.05) is 10.6 Å². The Morgan fingerprint density at radius 2 is 1.79 bits per heavy atom. The second-order valence-electron chi connectivity index (χ2n) is 6.24. The molecule has 4 nitrogen and oxygen atoms in total. The molecule has 2 N–H and O–H groups in total. The zero-order valence-electron chi connectivity index (χ0n) is 15.0. The topological polar surface area (TPSA) is 54.0 Å². The van der Waals surface area contributed by atoms with Gasteiger partial charge in [0, 0.05) is 24.1 Å². The number of hydrogen-bond donors (Lipinski definition) is 2. The molecule has 0 spiro atoms. The number of hydrogen-bond acceptors (Lipinski definition) is 3. The maximum absolute atomic E-state index is 12.8. The van der Waals surface area contributed by atoms with Crippen LogP contribution in [-0.4, -0.2) is 10.9 Å². The number of rotatable bonds is 5. The lowest BCUT2D eigenvalue weighted by Gasteiger charge is -2.11. The van der Waals surface area contributed by atoms with E-state index in [-0.39, 0.29) is 11.4 Å². The average Bonchev–Trinajstić information content (AvgIpc) is 2.67. The summed E-state index contributed by atoms with van der Waals surface area (Å²) in [4.78, 5) is 16.4. The summed E-state index contributed by atoms with van der Waals surface area (Å²) in [6.45, 7) is 2.59. The molecule has 0 aliphatic rings. The van der Waals surface area contributed by atoms with E-state index >= 15 is 0 Å². The van der Waals surface area contributed by atoms with E-state index < -0.39 is 17.6 Å². The Bertz CT molecular complexity index is 986. The molecule has 0 aliphatic carbocycles. The van der Waals surface area contributed by atoms with Crippen LogP contribution in [0.5, 0.6) is 0 Å². The molecule has 0 aliphatic heterocycles. The number of aromatic nitrogens is 1. The SMILES string of the molecule is Cc1ccccc1CNc1ccnc(C(=O)Nc2cccc(C(F)(F)F)c2)c1. The maximum atomic E-state index is 12.8. The van der Waals surface area contributed by atoms with Crippen LogP contribution in [0.2, 0.25) is 0 Å². The van der Waals surface area contributed by atoms with Gasteiger partial charge in [-0.1, -0.05) is 30.3 Å². The Labute approximate surface area is 160 Å². The van der Waals surface area contributed by atoms with Crippen molar-refractivity contribution in [2.45, 2.75) is 19.6 Å².